The molecule has 1 saturated carbocycles. The fourth-order valence-electron chi connectivity index (χ4n) is 1.66. The highest BCUT2D eigenvalue weighted by Gasteiger charge is 2.60. The summed E-state index contributed by atoms with van der Waals surface area (Å²) in [7, 11) is 0. The first-order valence-corrected chi connectivity index (χ1v) is 4.01. The second-order valence-corrected chi connectivity index (χ2v) is 3.30. The van der Waals surface area contributed by atoms with Crippen LogP contribution in [0.4, 0.5) is 0 Å². The van der Waals surface area contributed by atoms with E-state index in [0.29, 0.717) is 12.8 Å². The van der Waals surface area contributed by atoms with Crippen molar-refractivity contribution in [3.8, 4) is 0 Å². The van der Waals surface area contributed by atoms with E-state index in [0.717, 1.165) is 0 Å². The molecule has 0 spiro atoms. The summed E-state index contributed by atoms with van der Waals surface area (Å²) in [6.45, 7) is 0. The predicted octanol–water partition coefficient (Wildman–Crippen LogP) is -1.77. The second-order valence-electron chi connectivity index (χ2n) is 3.30. The number of nitrogens with two attached hydrogens (primary N) is 2. The molecule has 0 aromatic rings. The van der Waals surface area contributed by atoms with Crippen LogP contribution in [0.25, 0.3) is 0 Å². The molecule has 13 heavy (non-hydrogen) atoms. The summed E-state index contributed by atoms with van der Waals surface area (Å²) < 4.78 is 9.67. The molecule has 2 rings (SSSR count). The third-order valence-corrected chi connectivity index (χ3v) is 2.61. The van der Waals surface area contributed by atoms with Gasteiger partial charge in [0.2, 0.25) is 0 Å². The van der Waals surface area contributed by atoms with Gasteiger partial charge in [-0.3, -0.25) is 0 Å². The first-order valence-electron chi connectivity index (χ1n) is 4.01. The number of esters is 2. The molecule has 0 aromatic carbocycles. The van der Waals surface area contributed by atoms with Gasteiger partial charge in [-0.25, -0.2) is 9.59 Å². The molecule has 2 aliphatic rings. The van der Waals surface area contributed by atoms with E-state index in [4.69, 9.17) is 20.9 Å². The number of rotatable bonds is 1. The van der Waals surface area contributed by atoms with Crippen LogP contribution in [0.1, 0.15) is 12.8 Å². The Morgan fingerprint density at radius 2 is 2.08 bits per heavy atom. The maximum atomic E-state index is 10.9. The van der Waals surface area contributed by atoms with Gasteiger partial charge in [0, 0.05) is 0 Å². The van der Waals surface area contributed by atoms with Crippen LogP contribution in [0.3, 0.4) is 0 Å². The molecular formula is C7H10N2O4. The number of hydrogen-bond donors (Lipinski definition) is 2. The predicted molar refractivity (Wildman–Crippen MR) is 40.1 cm³/mol. The largest absolute Gasteiger partial charge is 0.450 e. The molecule has 72 valence electrons. The highest BCUT2D eigenvalue weighted by Crippen LogP contribution is 2.41. The van der Waals surface area contributed by atoms with Crippen LogP contribution in [-0.4, -0.2) is 29.8 Å². The number of ether oxygens (including phenoxy) is 2. The van der Waals surface area contributed by atoms with E-state index in [1.807, 2.05) is 0 Å². The van der Waals surface area contributed by atoms with Crippen molar-refractivity contribution in [1.82, 2.24) is 0 Å². The molecule has 1 aliphatic carbocycles. The summed E-state index contributed by atoms with van der Waals surface area (Å²) in [5, 5.41) is 0. The molecule has 1 saturated heterocycles. The molecule has 6 heteroatoms. The van der Waals surface area contributed by atoms with Gasteiger partial charge in [0.1, 0.15) is 6.10 Å². The fraction of sp³-hybridized carbons (Fsp3) is 0.714. The van der Waals surface area contributed by atoms with Gasteiger partial charge in [0.05, 0.1) is 6.17 Å². The third kappa shape index (κ3) is 0.956. The molecule has 2 unspecified atom stereocenters. The third-order valence-electron chi connectivity index (χ3n) is 2.61. The lowest BCUT2D eigenvalue weighted by Crippen LogP contribution is -2.72. The zero-order chi connectivity index (χ0) is 9.64. The van der Waals surface area contributed by atoms with Gasteiger partial charge in [-0.15, -0.1) is 0 Å². The Morgan fingerprint density at radius 1 is 1.38 bits per heavy atom. The molecule has 2 fully saturated rings. The minimum Gasteiger partial charge on any atom is -0.450 e. The Morgan fingerprint density at radius 3 is 2.54 bits per heavy atom. The van der Waals surface area contributed by atoms with Crippen molar-refractivity contribution < 1.29 is 19.1 Å². The van der Waals surface area contributed by atoms with Gasteiger partial charge in [-0.1, -0.05) is 0 Å². The SMILES string of the molecule is NC(N)C12CCC1OC(=O)C(=O)O2. The smallest absolute Gasteiger partial charge is 0.418 e. The number of carbonyl (C=O) groups excluding carboxylic acids is 2. The molecule has 0 radical (unpaired) electrons. The number of hydrogen-bond acceptors (Lipinski definition) is 6. The number of fused-ring (bicyclic) bond motifs is 1. The van der Waals surface area contributed by atoms with Gasteiger partial charge in [0.15, 0.2) is 5.60 Å². The zero-order valence-corrected chi connectivity index (χ0v) is 6.86. The topological polar surface area (TPSA) is 105 Å². The minimum absolute atomic E-state index is 0.460. The Hall–Kier alpha value is -1.14. The average Bonchev–Trinajstić information content (AvgIpc) is 2.04. The van der Waals surface area contributed by atoms with Crippen molar-refractivity contribution in [2.75, 3.05) is 0 Å². The van der Waals surface area contributed by atoms with Gasteiger partial charge in [0.25, 0.3) is 0 Å². The lowest BCUT2D eigenvalue weighted by atomic mass is 9.74. The van der Waals surface area contributed by atoms with Gasteiger partial charge < -0.3 is 20.9 Å². The van der Waals surface area contributed by atoms with Crippen molar-refractivity contribution in [2.45, 2.75) is 30.7 Å². The maximum absolute atomic E-state index is 10.9. The Bertz CT molecular complexity index is 278. The first-order chi connectivity index (χ1) is 6.06. The van der Waals surface area contributed by atoms with Crippen LogP contribution in [0.2, 0.25) is 0 Å². The highest BCUT2D eigenvalue weighted by molar-refractivity contribution is 6.30. The lowest BCUT2D eigenvalue weighted by molar-refractivity contribution is -0.242. The van der Waals surface area contributed by atoms with Gasteiger partial charge in [-0.05, 0) is 12.8 Å². The van der Waals surface area contributed by atoms with E-state index in [9.17, 15) is 9.59 Å². The van der Waals surface area contributed by atoms with Crippen molar-refractivity contribution >= 4 is 11.9 Å². The second kappa shape index (κ2) is 2.43. The molecule has 0 amide bonds. The summed E-state index contributed by atoms with van der Waals surface area (Å²) in [4.78, 5) is 21.7. The van der Waals surface area contributed by atoms with Crippen LogP contribution in [0, 0.1) is 0 Å². The fourth-order valence-corrected chi connectivity index (χ4v) is 1.66. The van der Waals surface area contributed by atoms with Crippen LogP contribution < -0.4 is 11.5 Å². The molecule has 0 aromatic heterocycles. The summed E-state index contributed by atoms with van der Waals surface area (Å²) >= 11 is 0. The van der Waals surface area contributed by atoms with Crippen molar-refractivity contribution in [2.24, 2.45) is 11.5 Å². The summed E-state index contributed by atoms with van der Waals surface area (Å²) in [5.74, 6) is -1.96. The standard InChI is InChI=1S/C7H10N2O4/c8-6(9)7-2-1-3(7)12-4(10)5(11)13-7/h3,6H,1-2,8-9H2. The molecule has 0 bridgehead atoms. The van der Waals surface area contributed by atoms with Crippen LogP contribution in [0.5, 0.6) is 0 Å². The van der Waals surface area contributed by atoms with E-state index in [1.54, 1.807) is 0 Å². The van der Waals surface area contributed by atoms with Crippen LogP contribution in [0.15, 0.2) is 0 Å². The van der Waals surface area contributed by atoms with E-state index in [-0.39, 0.29) is 0 Å². The zero-order valence-electron chi connectivity index (χ0n) is 6.86. The average molecular weight is 186 g/mol. The van der Waals surface area contributed by atoms with Gasteiger partial charge >= 0.3 is 11.9 Å². The van der Waals surface area contributed by atoms with E-state index >= 15 is 0 Å². The van der Waals surface area contributed by atoms with Crippen LogP contribution >= 0.6 is 0 Å². The molecule has 2 atom stereocenters. The quantitative estimate of drug-likeness (QED) is 0.285. The normalized spacial score (nSPS) is 37.6. The Kier molecular flexibility index (Phi) is 1.58. The first kappa shape index (κ1) is 8.46. The van der Waals surface area contributed by atoms with Gasteiger partial charge in [-0.2, -0.15) is 0 Å². The molecule has 1 aliphatic heterocycles. The molecular weight excluding hydrogens is 176 g/mol. The lowest BCUT2D eigenvalue weighted by Gasteiger charge is -2.51. The number of carbonyl (C=O) groups is 2. The molecule has 1 heterocycles. The molecule has 6 nitrogen and oxygen atoms in total. The van der Waals surface area contributed by atoms with Crippen molar-refractivity contribution in [3.05, 3.63) is 0 Å². The Labute approximate surface area is 74.1 Å². The summed E-state index contributed by atoms with van der Waals surface area (Å²) in [6.07, 6.45) is -0.0702. The van der Waals surface area contributed by atoms with E-state index < -0.39 is 29.8 Å². The van der Waals surface area contributed by atoms with Crippen molar-refractivity contribution in [1.29, 1.82) is 0 Å². The van der Waals surface area contributed by atoms with E-state index in [1.165, 1.54) is 0 Å². The monoisotopic (exact) mass is 186 g/mol. The molecule has 4 N–H and O–H groups in total. The van der Waals surface area contributed by atoms with E-state index in [2.05, 4.69) is 0 Å². The summed E-state index contributed by atoms with van der Waals surface area (Å²) in [5.41, 5.74) is 9.95. The van der Waals surface area contributed by atoms with Crippen molar-refractivity contribution in [3.63, 3.8) is 0 Å². The summed E-state index contributed by atoms with van der Waals surface area (Å²) in [6, 6.07) is 0. The van der Waals surface area contributed by atoms with Crippen LogP contribution in [-0.2, 0) is 19.1 Å². The Balaban J connectivity index is 2.22. The maximum Gasteiger partial charge on any atom is 0.418 e. The minimum atomic E-state index is -1.00. The highest BCUT2D eigenvalue weighted by atomic mass is 16.7.